The first-order valence-corrected chi connectivity index (χ1v) is 5.39. The Bertz CT molecular complexity index is 301. The van der Waals surface area contributed by atoms with Crippen LogP contribution in [-0.2, 0) is 11.2 Å². The van der Waals surface area contributed by atoms with Crippen LogP contribution in [0.25, 0.3) is 0 Å². The molecule has 2 nitrogen and oxygen atoms in total. The molecule has 0 aliphatic rings. The van der Waals surface area contributed by atoms with E-state index in [1.54, 1.807) is 0 Å². The first-order chi connectivity index (χ1) is 6.74. The molecule has 14 heavy (non-hydrogen) atoms. The molecule has 0 atom stereocenters. The fourth-order valence-corrected chi connectivity index (χ4v) is 1.71. The zero-order chi connectivity index (χ0) is 10.4. The lowest BCUT2D eigenvalue weighted by Crippen LogP contribution is -2.23. The third-order valence-corrected chi connectivity index (χ3v) is 2.88. The van der Waals surface area contributed by atoms with E-state index in [2.05, 4.69) is 22.0 Å². The van der Waals surface area contributed by atoms with Crippen LogP contribution in [0.1, 0.15) is 5.56 Å². The number of carbonyl (C=O) groups is 1. The summed E-state index contributed by atoms with van der Waals surface area (Å²) >= 11 is 3.50. The Kier molecular flexibility index (Phi) is 4.84. The molecule has 0 aliphatic carbocycles. The van der Waals surface area contributed by atoms with Gasteiger partial charge in [0.2, 0.25) is 0 Å². The van der Waals surface area contributed by atoms with Crippen molar-refractivity contribution < 1.29 is 4.79 Å². The summed E-state index contributed by atoms with van der Waals surface area (Å²) in [6, 6.07) is 8.16. The van der Waals surface area contributed by atoms with Crippen molar-refractivity contribution in [2.45, 2.75) is 6.42 Å². The molecule has 0 fully saturated rings. The molecular weight excluding hydrogens is 242 g/mol. The average Bonchev–Trinajstić information content (AvgIpc) is 2.17. The van der Waals surface area contributed by atoms with Crippen LogP contribution in [0.2, 0.25) is 0 Å². The molecule has 3 heteroatoms. The van der Waals surface area contributed by atoms with E-state index in [0.29, 0.717) is 6.54 Å². The highest BCUT2D eigenvalue weighted by Crippen LogP contribution is 2.16. The Labute approximate surface area is 93.0 Å². The minimum Gasteiger partial charge on any atom is -0.302 e. The Morgan fingerprint density at radius 1 is 1.43 bits per heavy atom. The number of carbonyl (C=O) groups excluding carboxylic acids is 1. The molecule has 0 N–H and O–H groups in total. The third-order valence-electron chi connectivity index (χ3n) is 2.11. The van der Waals surface area contributed by atoms with Gasteiger partial charge in [0.05, 0.1) is 6.54 Å². The molecule has 0 amide bonds. The van der Waals surface area contributed by atoms with Gasteiger partial charge in [0.15, 0.2) is 0 Å². The van der Waals surface area contributed by atoms with Crippen molar-refractivity contribution in [2.24, 2.45) is 0 Å². The second-order valence-electron chi connectivity index (χ2n) is 3.27. The average molecular weight is 256 g/mol. The lowest BCUT2D eigenvalue weighted by atomic mass is 10.1. The number of hydrogen-bond donors (Lipinski definition) is 0. The zero-order valence-corrected chi connectivity index (χ0v) is 9.83. The molecule has 0 saturated carbocycles. The summed E-state index contributed by atoms with van der Waals surface area (Å²) in [5.41, 5.74) is 1.28. The quantitative estimate of drug-likeness (QED) is 0.752. The summed E-state index contributed by atoms with van der Waals surface area (Å²) in [7, 11) is 1.95. The van der Waals surface area contributed by atoms with Crippen molar-refractivity contribution in [3.8, 4) is 0 Å². The molecule has 76 valence electrons. The lowest BCUT2D eigenvalue weighted by Gasteiger charge is -2.13. The highest BCUT2D eigenvalue weighted by Gasteiger charge is 2.00. The molecule has 0 radical (unpaired) electrons. The Balaban J connectivity index is 2.45. The van der Waals surface area contributed by atoms with Crippen molar-refractivity contribution in [1.82, 2.24) is 4.90 Å². The molecule has 0 saturated heterocycles. The molecule has 0 heterocycles. The zero-order valence-electron chi connectivity index (χ0n) is 8.24. The molecular formula is C11H14BrNO. The fourth-order valence-electron chi connectivity index (χ4n) is 1.23. The van der Waals surface area contributed by atoms with Gasteiger partial charge in [-0.1, -0.05) is 34.1 Å². The third kappa shape index (κ3) is 3.60. The molecule has 0 bridgehead atoms. The fraction of sp³-hybridized carbons (Fsp3) is 0.364. The number of rotatable bonds is 5. The molecule has 0 unspecified atom stereocenters. The maximum Gasteiger partial charge on any atom is 0.133 e. The second kappa shape index (κ2) is 5.94. The van der Waals surface area contributed by atoms with Gasteiger partial charge >= 0.3 is 0 Å². The molecule has 0 aliphatic heterocycles. The molecule has 0 aromatic heterocycles. The summed E-state index contributed by atoms with van der Waals surface area (Å²) in [5.74, 6) is 0. The molecule has 1 rings (SSSR count). The Morgan fingerprint density at radius 3 is 2.79 bits per heavy atom. The van der Waals surface area contributed by atoms with Crippen LogP contribution in [0.5, 0.6) is 0 Å². The number of halogens is 1. The Hall–Kier alpha value is -0.670. The SMILES string of the molecule is CN(CC=O)CCc1ccccc1Br. The van der Waals surface area contributed by atoms with Crippen LogP contribution >= 0.6 is 15.9 Å². The number of hydrogen-bond acceptors (Lipinski definition) is 2. The van der Waals surface area contributed by atoms with Gasteiger partial charge in [0.25, 0.3) is 0 Å². The first kappa shape index (κ1) is 11.4. The van der Waals surface area contributed by atoms with Gasteiger partial charge in [-0.25, -0.2) is 0 Å². The number of nitrogens with zero attached hydrogens (tertiary/aromatic N) is 1. The van der Waals surface area contributed by atoms with Crippen LogP contribution in [0.4, 0.5) is 0 Å². The van der Waals surface area contributed by atoms with Gasteiger partial charge in [-0.3, -0.25) is 4.90 Å². The van der Waals surface area contributed by atoms with Gasteiger partial charge in [0.1, 0.15) is 6.29 Å². The van der Waals surface area contributed by atoms with E-state index in [1.807, 2.05) is 30.1 Å². The van der Waals surface area contributed by atoms with Crippen molar-refractivity contribution >= 4 is 22.2 Å². The van der Waals surface area contributed by atoms with Crippen LogP contribution < -0.4 is 0 Å². The van der Waals surface area contributed by atoms with Crippen LogP contribution in [0, 0.1) is 0 Å². The summed E-state index contributed by atoms with van der Waals surface area (Å²) in [5, 5.41) is 0. The first-order valence-electron chi connectivity index (χ1n) is 4.59. The maximum absolute atomic E-state index is 10.2. The normalized spacial score (nSPS) is 10.5. The number of likely N-dealkylation sites (N-methyl/N-ethyl adjacent to an activating group) is 1. The van der Waals surface area contributed by atoms with Crippen molar-refractivity contribution in [3.63, 3.8) is 0 Å². The molecule has 0 spiro atoms. The van der Waals surface area contributed by atoms with E-state index in [4.69, 9.17) is 0 Å². The van der Waals surface area contributed by atoms with E-state index < -0.39 is 0 Å². The molecule has 1 aromatic carbocycles. The lowest BCUT2D eigenvalue weighted by molar-refractivity contribution is -0.108. The summed E-state index contributed by atoms with van der Waals surface area (Å²) in [6.45, 7) is 1.41. The summed E-state index contributed by atoms with van der Waals surface area (Å²) in [6.07, 6.45) is 1.89. The van der Waals surface area contributed by atoms with Crippen LogP contribution in [0.3, 0.4) is 0 Å². The van der Waals surface area contributed by atoms with Crippen molar-refractivity contribution in [3.05, 3.63) is 34.3 Å². The van der Waals surface area contributed by atoms with E-state index in [-0.39, 0.29) is 0 Å². The van der Waals surface area contributed by atoms with E-state index in [0.717, 1.165) is 23.7 Å². The summed E-state index contributed by atoms with van der Waals surface area (Å²) < 4.78 is 1.14. The van der Waals surface area contributed by atoms with E-state index >= 15 is 0 Å². The Morgan fingerprint density at radius 2 is 2.14 bits per heavy atom. The van der Waals surface area contributed by atoms with E-state index in [1.165, 1.54) is 5.56 Å². The standard InChI is InChI=1S/C11H14BrNO/c1-13(8-9-14)7-6-10-4-2-3-5-11(10)12/h2-5,9H,6-8H2,1H3. The van der Waals surface area contributed by atoms with Gasteiger partial charge in [-0.15, -0.1) is 0 Å². The monoisotopic (exact) mass is 255 g/mol. The predicted octanol–water partition coefficient (Wildman–Crippen LogP) is 2.12. The number of benzene rings is 1. The van der Waals surface area contributed by atoms with Gasteiger partial charge < -0.3 is 4.79 Å². The van der Waals surface area contributed by atoms with Gasteiger partial charge in [-0.2, -0.15) is 0 Å². The minimum atomic E-state index is 0.504. The highest BCUT2D eigenvalue weighted by molar-refractivity contribution is 9.10. The topological polar surface area (TPSA) is 20.3 Å². The van der Waals surface area contributed by atoms with Crippen molar-refractivity contribution in [1.29, 1.82) is 0 Å². The van der Waals surface area contributed by atoms with Crippen molar-refractivity contribution in [2.75, 3.05) is 20.1 Å². The van der Waals surface area contributed by atoms with E-state index in [9.17, 15) is 4.79 Å². The smallest absolute Gasteiger partial charge is 0.133 e. The van der Waals surface area contributed by atoms with Crippen LogP contribution in [-0.4, -0.2) is 31.3 Å². The maximum atomic E-state index is 10.2. The van der Waals surface area contributed by atoms with Crippen LogP contribution in [0.15, 0.2) is 28.7 Å². The van der Waals surface area contributed by atoms with Gasteiger partial charge in [-0.05, 0) is 25.1 Å². The highest BCUT2D eigenvalue weighted by atomic mass is 79.9. The number of aldehydes is 1. The summed E-state index contributed by atoms with van der Waals surface area (Å²) in [4.78, 5) is 12.2. The minimum absolute atomic E-state index is 0.504. The predicted molar refractivity (Wildman–Crippen MR) is 61.4 cm³/mol. The largest absolute Gasteiger partial charge is 0.302 e. The van der Waals surface area contributed by atoms with Gasteiger partial charge in [0, 0.05) is 11.0 Å². The second-order valence-corrected chi connectivity index (χ2v) is 4.12. The molecule has 1 aromatic rings.